The lowest BCUT2D eigenvalue weighted by Crippen LogP contribution is -2.69. The molecular formula is C23H25NO8. The van der Waals surface area contributed by atoms with E-state index in [-0.39, 0.29) is 23.5 Å². The molecule has 0 spiro atoms. The molecule has 9 nitrogen and oxygen atoms in total. The summed E-state index contributed by atoms with van der Waals surface area (Å²) in [5.41, 5.74) is -0.975. The van der Waals surface area contributed by atoms with Crippen LogP contribution in [0.25, 0.3) is 0 Å². The number of aryl methyl sites for hydroxylation is 1. The van der Waals surface area contributed by atoms with Gasteiger partial charge in [0.2, 0.25) is 5.60 Å². The predicted molar refractivity (Wildman–Crippen MR) is 110 cm³/mol. The summed E-state index contributed by atoms with van der Waals surface area (Å²) < 4.78 is 22.5. The number of nitrogens with zero attached hydrogens (tertiary/aromatic N) is 1. The monoisotopic (exact) mass is 443 g/mol. The van der Waals surface area contributed by atoms with Gasteiger partial charge < -0.3 is 23.8 Å². The van der Waals surface area contributed by atoms with Crippen LogP contribution in [0.1, 0.15) is 36.2 Å². The van der Waals surface area contributed by atoms with Gasteiger partial charge in [0, 0.05) is 26.9 Å². The molecule has 0 radical (unpaired) electrons. The number of ether oxygens (including phenoxy) is 4. The van der Waals surface area contributed by atoms with Crippen LogP contribution in [-0.4, -0.2) is 66.5 Å². The van der Waals surface area contributed by atoms with E-state index in [4.69, 9.17) is 18.9 Å². The summed E-state index contributed by atoms with van der Waals surface area (Å²) in [6.45, 7) is 5.64. The molecule has 1 amide bonds. The van der Waals surface area contributed by atoms with Gasteiger partial charge in [0.05, 0.1) is 19.1 Å². The van der Waals surface area contributed by atoms with Gasteiger partial charge in [-0.2, -0.15) is 0 Å². The summed E-state index contributed by atoms with van der Waals surface area (Å²) >= 11 is 0. The van der Waals surface area contributed by atoms with E-state index < -0.39 is 41.3 Å². The van der Waals surface area contributed by atoms with Crippen molar-refractivity contribution in [2.24, 2.45) is 5.92 Å². The molecule has 170 valence electrons. The highest BCUT2D eigenvalue weighted by molar-refractivity contribution is 6.09. The smallest absolute Gasteiger partial charge is 0.308 e. The Labute approximate surface area is 185 Å². The first-order valence-electron chi connectivity index (χ1n) is 10.5. The van der Waals surface area contributed by atoms with Crippen LogP contribution in [0, 0.1) is 12.8 Å². The predicted octanol–water partition coefficient (Wildman–Crippen LogP) is 1.60. The van der Waals surface area contributed by atoms with Crippen LogP contribution < -0.4 is 9.47 Å². The molecule has 9 heteroatoms. The van der Waals surface area contributed by atoms with E-state index in [0.717, 1.165) is 0 Å². The quantitative estimate of drug-likeness (QED) is 0.394. The van der Waals surface area contributed by atoms with Crippen LogP contribution in [0.4, 0.5) is 0 Å². The van der Waals surface area contributed by atoms with Gasteiger partial charge in [-0.15, -0.1) is 0 Å². The Morgan fingerprint density at radius 2 is 1.84 bits per heavy atom. The highest BCUT2D eigenvalue weighted by Gasteiger charge is 2.63. The molecule has 0 aromatic heterocycles. The van der Waals surface area contributed by atoms with Crippen LogP contribution in [-0.2, 0) is 23.9 Å². The summed E-state index contributed by atoms with van der Waals surface area (Å²) in [7, 11) is 0. The van der Waals surface area contributed by atoms with Crippen molar-refractivity contribution < 1.29 is 38.1 Å². The fourth-order valence-electron chi connectivity index (χ4n) is 4.56. The molecule has 1 fully saturated rings. The zero-order valence-corrected chi connectivity index (χ0v) is 18.2. The van der Waals surface area contributed by atoms with Crippen LogP contribution in [0.2, 0.25) is 0 Å². The third-order valence-electron chi connectivity index (χ3n) is 5.85. The summed E-state index contributed by atoms with van der Waals surface area (Å²) in [6, 6.07) is 3.20. The lowest BCUT2D eigenvalue weighted by atomic mass is 9.70. The van der Waals surface area contributed by atoms with E-state index in [1.54, 1.807) is 36.1 Å². The largest absolute Gasteiger partial charge is 0.471 e. The van der Waals surface area contributed by atoms with E-state index in [2.05, 4.69) is 0 Å². The molecule has 1 aromatic carbocycles. The average molecular weight is 443 g/mol. The zero-order valence-electron chi connectivity index (χ0n) is 18.2. The first kappa shape index (κ1) is 22.0. The number of amides is 1. The molecule has 2 heterocycles. The number of carbonyl (C=O) groups excluding carboxylic acids is 4. The normalized spacial score (nSPS) is 26.5. The first-order chi connectivity index (χ1) is 15.2. The van der Waals surface area contributed by atoms with Gasteiger partial charge in [0.25, 0.3) is 5.91 Å². The second kappa shape index (κ2) is 8.38. The van der Waals surface area contributed by atoms with Gasteiger partial charge in [0.15, 0.2) is 11.9 Å². The lowest BCUT2D eigenvalue weighted by molar-refractivity contribution is -0.178. The average Bonchev–Trinajstić information content (AvgIpc) is 2.73. The molecule has 1 saturated heterocycles. The Bertz CT molecular complexity index is 1010. The second-order valence-electron chi connectivity index (χ2n) is 8.14. The number of morpholine rings is 1. The lowest BCUT2D eigenvalue weighted by Gasteiger charge is -2.49. The minimum Gasteiger partial charge on any atom is -0.471 e. The Morgan fingerprint density at radius 1 is 1.12 bits per heavy atom. The van der Waals surface area contributed by atoms with Crippen molar-refractivity contribution in [1.82, 2.24) is 4.90 Å². The van der Waals surface area contributed by atoms with Gasteiger partial charge in [-0.3, -0.25) is 19.2 Å². The SMILES string of the molecule is CC(=O)Oc1cc(C)cc2c1C(=O)C1CC=C[C@@H](OC(C)=O)[C@@]1(C(=O)N1CCOCC1)O2. The molecule has 1 aliphatic carbocycles. The summed E-state index contributed by atoms with van der Waals surface area (Å²) in [4.78, 5) is 52.7. The Morgan fingerprint density at radius 3 is 2.50 bits per heavy atom. The van der Waals surface area contributed by atoms with Crippen LogP contribution in [0.15, 0.2) is 24.3 Å². The fraction of sp³-hybridized carbons (Fsp3) is 0.478. The fourth-order valence-corrected chi connectivity index (χ4v) is 4.56. The molecule has 1 aromatic rings. The molecule has 0 bridgehead atoms. The molecule has 0 N–H and O–H groups in total. The van der Waals surface area contributed by atoms with Crippen LogP contribution in [0.3, 0.4) is 0 Å². The van der Waals surface area contributed by atoms with Crippen LogP contribution >= 0.6 is 0 Å². The standard InChI is InChI=1S/C23H25NO8/c1-13-11-17(30-14(2)25)20-18(12-13)32-23(22(28)24-7-9-29-10-8-24)16(21(20)27)5-4-6-19(23)31-15(3)26/h4,6,11-12,16,19H,5,7-10H2,1-3H3/t16?,19-,23+/m1/s1. The number of ketones is 1. The van der Waals surface area contributed by atoms with E-state index in [1.807, 2.05) is 0 Å². The number of Topliss-reactive ketones (excluding diaryl/α,β-unsaturated/α-hetero) is 1. The molecular weight excluding hydrogens is 418 g/mol. The number of carbonyl (C=O) groups is 4. The zero-order chi connectivity index (χ0) is 23.0. The van der Waals surface area contributed by atoms with Crippen molar-refractivity contribution in [3.63, 3.8) is 0 Å². The van der Waals surface area contributed by atoms with Crippen molar-refractivity contribution in [2.45, 2.75) is 38.9 Å². The molecule has 3 aliphatic rings. The molecule has 4 rings (SSSR count). The number of hydrogen-bond acceptors (Lipinski definition) is 8. The maximum atomic E-state index is 13.9. The highest BCUT2D eigenvalue weighted by Crippen LogP contribution is 2.48. The van der Waals surface area contributed by atoms with Crippen molar-refractivity contribution >= 4 is 23.6 Å². The van der Waals surface area contributed by atoms with Gasteiger partial charge in [-0.1, -0.05) is 6.08 Å². The Balaban J connectivity index is 1.88. The second-order valence-corrected chi connectivity index (χ2v) is 8.14. The maximum Gasteiger partial charge on any atom is 0.308 e. The van der Waals surface area contributed by atoms with Gasteiger partial charge in [-0.25, -0.2) is 0 Å². The highest BCUT2D eigenvalue weighted by atomic mass is 16.6. The van der Waals surface area contributed by atoms with E-state index >= 15 is 0 Å². The number of benzene rings is 1. The Hall–Kier alpha value is -3.20. The molecule has 32 heavy (non-hydrogen) atoms. The number of esters is 2. The van der Waals surface area contributed by atoms with E-state index in [9.17, 15) is 19.2 Å². The van der Waals surface area contributed by atoms with Crippen molar-refractivity contribution in [3.8, 4) is 11.5 Å². The van der Waals surface area contributed by atoms with E-state index in [1.165, 1.54) is 13.8 Å². The molecule has 3 atom stereocenters. The maximum absolute atomic E-state index is 13.9. The topological polar surface area (TPSA) is 108 Å². The summed E-state index contributed by atoms with van der Waals surface area (Å²) in [5.74, 6) is -2.76. The molecule has 2 aliphatic heterocycles. The molecule has 1 unspecified atom stereocenters. The Kier molecular flexibility index (Phi) is 5.77. The van der Waals surface area contributed by atoms with Gasteiger partial charge in [-0.05, 0) is 37.1 Å². The van der Waals surface area contributed by atoms with Gasteiger partial charge >= 0.3 is 11.9 Å². The summed E-state index contributed by atoms with van der Waals surface area (Å²) in [6.07, 6.45) is 2.41. The minimum absolute atomic E-state index is 0.0866. The van der Waals surface area contributed by atoms with Crippen molar-refractivity contribution in [3.05, 3.63) is 35.4 Å². The third-order valence-corrected chi connectivity index (χ3v) is 5.85. The number of hydrogen-bond donors (Lipinski definition) is 0. The first-order valence-corrected chi connectivity index (χ1v) is 10.5. The number of fused-ring (bicyclic) bond motifs is 2. The van der Waals surface area contributed by atoms with E-state index in [0.29, 0.717) is 31.9 Å². The summed E-state index contributed by atoms with van der Waals surface area (Å²) in [5, 5.41) is 0. The molecule has 0 saturated carbocycles. The van der Waals surface area contributed by atoms with Crippen molar-refractivity contribution in [2.75, 3.05) is 26.3 Å². The van der Waals surface area contributed by atoms with Gasteiger partial charge in [0.1, 0.15) is 17.1 Å². The minimum atomic E-state index is -1.76. The third kappa shape index (κ3) is 3.66. The number of rotatable bonds is 3. The van der Waals surface area contributed by atoms with Crippen molar-refractivity contribution in [1.29, 1.82) is 0 Å². The number of allylic oxidation sites excluding steroid dienone is 1. The van der Waals surface area contributed by atoms with Crippen LogP contribution in [0.5, 0.6) is 11.5 Å².